The van der Waals surface area contributed by atoms with Crippen molar-refractivity contribution in [3.63, 3.8) is 0 Å². The van der Waals surface area contributed by atoms with E-state index in [1.54, 1.807) is 0 Å². The van der Waals surface area contributed by atoms with Crippen LogP contribution in [-0.4, -0.2) is 55.0 Å². The van der Waals surface area contributed by atoms with E-state index in [4.69, 9.17) is 0 Å². The van der Waals surface area contributed by atoms with Crippen LogP contribution in [0.4, 0.5) is 5.69 Å². The van der Waals surface area contributed by atoms with Crippen molar-refractivity contribution < 1.29 is 9.59 Å². The monoisotopic (exact) mass is 434 g/mol. The van der Waals surface area contributed by atoms with Crippen LogP contribution in [0.25, 0.3) is 0 Å². The Hall–Kier alpha value is -2.86. The summed E-state index contributed by atoms with van der Waals surface area (Å²) in [6.45, 7) is 8.69. The molecule has 32 heavy (non-hydrogen) atoms. The molecule has 0 radical (unpaired) electrons. The van der Waals surface area contributed by atoms with Gasteiger partial charge in [0.05, 0.1) is 24.5 Å². The van der Waals surface area contributed by atoms with Crippen molar-refractivity contribution in [1.82, 2.24) is 15.5 Å². The summed E-state index contributed by atoms with van der Waals surface area (Å²) in [7, 11) is 0. The number of para-hydroxylation sites is 1. The highest BCUT2D eigenvalue weighted by Gasteiger charge is 2.41. The number of nitrogens with zero attached hydrogens (tertiary/aromatic N) is 2. The number of benzene rings is 2. The zero-order chi connectivity index (χ0) is 22.7. The molecule has 2 amide bonds. The van der Waals surface area contributed by atoms with Crippen LogP contribution in [0.15, 0.2) is 54.6 Å². The van der Waals surface area contributed by atoms with Crippen molar-refractivity contribution >= 4 is 17.5 Å². The van der Waals surface area contributed by atoms with Crippen molar-refractivity contribution in [2.24, 2.45) is 5.92 Å². The van der Waals surface area contributed by atoms with E-state index >= 15 is 0 Å². The molecule has 2 aliphatic heterocycles. The lowest BCUT2D eigenvalue weighted by molar-refractivity contribution is -0.127. The summed E-state index contributed by atoms with van der Waals surface area (Å²) in [4.78, 5) is 30.4. The summed E-state index contributed by atoms with van der Waals surface area (Å²) in [6, 6.07) is 18.6. The van der Waals surface area contributed by atoms with E-state index in [9.17, 15) is 9.59 Å². The molecule has 1 saturated heterocycles. The lowest BCUT2D eigenvalue weighted by atomic mass is 9.83. The predicted molar refractivity (Wildman–Crippen MR) is 127 cm³/mol. The van der Waals surface area contributed by atoms with Crippen LogP contribution in [0.1, 0.15) is 37.9 Å². The molecule has 3 atom stereocenters. The Balaban J connectivity index is 1.52. The predicted octanol–water partition coefficient (Wildman–Crippen LogP) is 2.75. The number of carbonyl (C=O) groups is 2. The zero-order valence-electron chi connectivity index (χ0n) is 19.3. The van der Waals surface area contributed by atoms with E-state index in [1.165, 1.54) is 11.3 Å². The van der Waals surface area contributed by atoms with Crippen LogP contribution in [0.3, 0.4) is 0 Å². The van der Waals surface area contributed by atoms with Crippen molar-refractivity contribution in [2.45, 2.75) is 45.3 Å². The Kier molecular flexibility index (Phi) is 6.80. The summed E-state index contributed by atoms with van der Waals surface area (Å²) < 4.78 is 0. The third kappa shape index (κ3) is 4.96. The fraction of sp³-hybridized carbons (Fsp3) is 0.462. The van der Waals surface area contributed by atoms with E-state index in [0.717, 1.165) is 25.1 Å². The van der Waals surface area contributed by atoms with Gasteiger partial charge in [0.2, 0.25) is 11.8 Å². The van der Waals surface area contributed by atoms with Gasteiger partial charge in [0.25, 0.3) is 0 Å². The summed E-state index contributed by atoms with van der Waals surface area (Å²) in [5, 5.41) is 6.23. The maximum atomic E-state index is 13.5. The second-order valence-electron chi connectivity index (χ2n) is 9.30. The molecule has 3 unspecified atom stereocenters. The molecule has 4 rings (SSSR count). The summed E-state index contributed by atoms with van der Waals surface area (Å²) in [5.41, 5.74) is 3.55. The molecular formula is C26H34N4O2. The Morgan fingerprint density at radius 1 is 0.969 bits per heavy atom. The van der Waals surface area contributed by atoms with Crippen LogP contribution < -0.4 is 15.5 Å². The zero-order valence-corrected chi connectivity index (χ0v) is 19.3. The third-order valence-corrected chi connectivity index (χ3v) is 6.52. The lowest BCUT2D eigenvalue weighted by Gasteiger charge is -2.49. The number of hydrogen-bond donors (Lipinski definition) is 2. The molecule has 170 valence electrons. The largest absolute Gasteiger partial charge is 0.365 e. The van der Waals surface area contributed by atoms with Crippen LogP contribution in [0, 0.1) is 5.92 Å². The second kappa shape index (κ2) is 9.74. The summed E-state index contributed by atoms with van der Waals surface area (Å²) in [5.74, 6) is -0.0327. The molecule has 2 N–H and O–H groups in total. The van der Waals surface area contributed by atoms with Gasteiger partial charge in [0, 0.05) is 31.4 Å². The summed E-state index contributed by atoms with van der Waals surface area (Å²) in [6.07, 6.45) is 0.719. The van der Waals surface area contributed by atoms with Gasteiger partial charge in [-0.3, -0.25) is 14.5 Å². The minimum absolute atomic E-state index is 0.0448. The number of hydrogen-bond acceptors (Lipinski definition) is 4. The number of amides is 2. The number of rotatable bonds is 6. The van der Waals surface area contributed by atoms with E-state index in [1.807, 2.05) is 57.2 Å². The van der Waals surface area contributed by atoms with Gasteiger partial charge in [0.1, 0.15) is 0 Å². The first kappa shape index (κ1) is 22.3. The first-order valence-electron chi connectivity index (χ1n) is 11.6. The van der Waals surface area contributed by atoms with Gasteiger partial charge in [0.15, 0.2) is 0 Å². The molecule has 1 fully saturated rings. The maximum Gasteiger partial charge on any atom is 0.234 e. The van der Waals surface area contributed by atoms with E-state index in [0.29, 0.717) is 13.1 Å². The Labute approximate surface area is 191 Å². The molecule has 0 spiro atoms. The summed E-state index contributed by atoms with van der Waals surface area (Å²) >= 11 is 0. The van der Waals surface area contributed by atoms with E-state index in [2.05, 4.69) is 38.6 Å². The Morgan fingerprint density at radius 3 is 2.44 bits per heavy atom. The van der Waals surface area contributed by atoms with Crippen molar-refractivity contribution in [1.29, 1.82) is 0 Å². The van der Waals surface area contributed by atoms with Crippen molar-refractivity contribution in [3.8, 4) is 0 Å². The molecule has 2 aromatic rings. The van der Waals surface area contributed by atoms with Crippen molar-refractivity contribution in [2.75, 3.05) is 31.1 Å². The van der Waals surface area contributed by atoms with Crippen LogP contribution >= 0.6 is 0 Å². The van der Waals surface area contributed by atoms with Gasteiger partial charge in [-0.15, -0.1) is 0 Å². The molecule has 6 nitrogen and oxygen atoms in total. The normalized spacial score (nSPS) is 21.4. The molecule has 2 aromatic carbocycles. The van der Waals surface area contributed by atoms with Crippen molar-refractivity contribution in [3.05, 3.63) is 65.7 Å². The topological polar surface area (TPSA) is 64.7 Å². The second-order valence-corrected chi connectivity index (χ2v) is 9.30. The first-order chi connectivity index (χ1) is 15.4. The minimum atomic E-state index is -0.160. The molecular weight excluding hydrogens is 400 g/mol. The first-order valence-corrected chi connectivity index (χ1v) is 11.6. The van der Waals surface area contributed by atoms with E-state index < -0.39 is 0 Å². The van der Waals surface area contributed by atoms with Crippen LogP contribution in [0.5, 0.6) is 0 Å². The van der Waals surface area contributed by atoms with Crippen LogP contribution in [-0.2, 0) is 16.0 Å². The standard InChI is InChI=1S/C26H34N4O2/c1-18(2)27-25(31)17-29-13-14-30-23-12-8-7-11-21(23)15-22(24(30)16-29)26(32)28-19(3)20-9-5-4-6-10-20/h4-12,18-19,22,24H,13-17H2,1-3H3,(H,27,31)(H,28,32). The number of carbonyl (C=O) groups excluding carboxylic acids is 2. The molecule has 0 aromatic heterocycles. The van der Waals surface area contributed by atoms with Gasteiger partial charge >= 0.3 is 0 Å². The van der Waals surface area contributed by atoms with Gasteiger partial charge in [-0.1, -0.05) is 48.5 Å². The molecule has 0 aliphatic carbocycles. The SMILES string of the molecule is CC(C)NC(=O)CN1CCN2c3ccccc3CC(C(=O)NC(C)c3ccccc3)C2C1. The highest BCUT2D eigenvalue weighted by molar-refractivity contribution is 5.82. The molecule has 0 saturated carbocycles. The average Bonchev–Trinajstić information content (AvgIpc) is 2.78. The maximum absolute atomic E-state index is 13.5. The Bertz CT molecular complexity index is 946. The van der Waals surface area contributed by atoms with Gasteiger partial charge in [-0.2, -0.15) is 0 Å². The molecule has 2 aliphatic rings. The van der Waals surface area contributed by atoms with Gasteiger partial charge in [-0.25, -0.2) is 0 Å². The molecule has 2 heterocycles. The van der Waals surface area contributed by atoms with Gasteiger partial charge in [-0.05, 0) is 44.4 Å². The van der Waals surface area contributed by atoms with E-state index in [-0.39, 0.29) is 35.9 Å². The number of anilines is 1. The smallest absolute Gasteiger partial charge is 0.234 e. The third-order valence-electron chi connectivity index (χ3n) is 6.52. The number of piperazine rings is 1. The highest BCUT2D eigenvalue weighted by atomic mass is 16.2. The average molecular weight is 435 g/mol. The quantitative estimate of drug-likeness (QED) is 0.734. The minimum Gasteiger partial charge on any atom is -0.365 e. The fourth-order valence-corrected chi connectivity index (χ4v) is 4.98. The highest BCUT2D eigenvalue weighted by Crippen LogP contribution is 2.36. The number of nitrogens with one attached hydrogen (secondary N) is 2. The van der Waals surface area contributed by atoms with Crippen LogP contribution in [0.2, 0.25) is 0 Å². The lowest BCUT2D eigenvalue weighted by Crippen LogP contribution is -2.62. The fourth-order valence-electron chi connectivity index (χ4n) is 4.98. The molecule has 6 heteroatoms. The number of fused-ring (bicyclic) bond motifs is 3. The molecule has 0 bridgehead atoms. The Morgan fingerprint density at radius 2 is 1.69 bits per heavy atom. The van der Waals surface area contributed by atoms with Gasteiger partial charge < -0.3 is 15.5 Å².